The lowest BCUT2D eigenvalue weighted by Crippen LogP contribution is -2.38. The van der Waals surface area contributed by atoms with Gasteiger partial charge in [-0.25, -0.2) is 9.69 Å². The second kappa shape index (κ2) is 5.49. The van der Waals surface area contributed by atoms with Crippen molar-refractivity contribution >= 4 is 35.2 Å². The number of hydrogen-bond acceptors (Lipinski definition) is 4. The zero-order valence-corrected chi connectivity index (χ0v) is 13.0. The van der Waals surface area contributed by atoms with Crippen LogP contribution in [0.1, 0.15) is 6.92 Å². The van der Waals surface area contributed by atoms with E-state index >= 15 is 0 Å². The number of para-hydroxylation sites is 2. The normalized spacial score (nSPS) is 18.6. The minimum Gasteiger partial charge on any atom is -0.494 e. The summed E-state index contributed by atoms with van der Waals surface area (Å²) < 4.78 is 5.46. The fraction of sp³-hybridized carbons (Fsp3) is 0.167. The largest absolute Gasteiger partial charge is 0.494 e. The Kier molecular flexibility index (Phi) is 3.30. The minimum absolute atomic E-state index is 0.313. The third kappa shape index (κ3) is 2.07. The van der Waals surface area contributed by atoms with Gasteiger partial charge in [-0.15, -0.1) is 0 Å². The first-order chi connectivity index (χ1) is 11.7. The predicted octanol–water partition coefficient (Wildman–Crippen LogP) is 3.14. The van der Waals surface area contributed by atoms with E-state index in [1.165, 1.54) is 16.0 Å². The number of imide groups is 1. The van der Waals surface area contributed by atoms with Gasteiger partial charge in [0.1, 0.15) is 5.75 Å². The van der Waals surface area contributed by atoms with Gasteiger partial charge >= 0.3 is 6.03 Å². The van der Waals surface area contributed by atoms with Crippen molar-refractivity contribution in [1.29, 1.82) is 0 Å². The minimum atomic E-state index is -0.705. The van der Waals surface area contributed by atoms with Crippen molar-refractivity contribution in [3.8, 4) is 5.75 Å². The number of benzene rings is 2. The first-order valence-electron chi connectivity index (χ1n) is 7.74. The first-order valence-corrected chi connectivity index (χ1v) is 7.74. The molecule has 0 aromatic heterocycles. The number of hydrogen-bond donors (Lipinski definition) is 0. The summed E-state index contributed by atoms with van der Waals surface area (Å²) in [4.78, 5) is 32.6. The van der Waals surface area contributed by atoms with Crippen LogP contribution < -0.4 is 14.5 Å². The molecule has 1 saturated heterocycles. The molecule has 2 aromatic rings. The van der Waals surface area contributed by atoms with Crippen LogP contribution in [0.2, 0.25) is 0 Å². The van der Waals surface area contributed by atoms with Crippen LogP contribution in [-0.4, -0.2) is 30.8 Å². The molecule has 1 unspecified atom stereocenters. The molecule has 6 heteroatoms. The van der Waals surface area contributed by atoms with E-state index in [2.05, 4.69) is 4.99 Å². The van der Waals surface area contributed by atoms with Gasteiger partial charge in [-0.3, -0.25) is 14.7 Å². The van der Waals surface area contributed by atoms with Gasteiger partial charge in [0, 0.05) is 12.3 Å². The molecule has 4 rings (SSSR count). The summed E-state index contributed by atoms with van der Waals surface area (Å²) in [5.74, 6) is 0.307. The van der Waals surface area contributed by atoms with E-state index in [1.807, 2.05) is 25.1 Å². The summed E-state index contributed by atoms with van der Waals surface area (Å²) in [6, 6.07) is 13.2. The van der Waals surface area contributed by atoms with Gasteiger partial charge < -0.3 is 4.74 Å². The zero-order valence-electron chi connectivity index (χ0n) is 13.0. The molecule has 0 radical (unpaired) electrons. The van der Waals surface area contributed by atoms with Crippen LogP contribution in [-0.2, 0) is 4.79 Å². The average Bonchev–Trinajstić information content (AvgIpc) is 2.86. The number of carbonyl (C=O) groups is 2. The Bertz CT molecular complexity index is 862. The van der Waals surface area contributed by atoms with Crippen molar-refractivity contribution in [1.82, 2.24) is 0 Å². The maximum absolute atomic E-state index is 12.9. The summed E-state index contributed by atoms with van der Waals surface area (Å²) in [7, 11) is 0. The van der Waals surface area contributed by atoms with E-state index in [4.69, 9.17) is 4.74 Å². The number of fused-ring (bicyclic) bond motifs is 3. The van der Waals surface area contributed by atoms with Crippen LogP contribution in [0.15, 0.2) is 53.5 Å². The van der Waals surface area contributed by atoms with Crippen LogP contribution >= 0.6 is 0 Å². The summed E-state index contributed by atoms with van der Waals surface area (Å²) in [5.41, 5.74) is 1.82. The van der Waals surface area contributed by atoms with E-state index in [0.717, 1.165) is 0 Å². The molecular formula is C18H15N3O3. The number of ether oxygens (including phenoxy) is 1. The SMILES string of the molecule is CCOc1cccc(N2C(=O)C3C=Nc4ccccc4N3C2=O)c1. The number of nitrogens with zero attached hydrogens (tertiary/aromatic N) is 3. The van der Waals surface area contributed by atoms with Gasteiger partial charge in [-0.05, 0) is 31.2 Å². The van der Waals surface area contributed by atoms with E-state index in [-0.39, 0.29) is 11.9 Å². The van der Waals surface area contributed by atoms with Crippen molar-refractivity contribution in [2.45, 2.75) is 13.0 Å². The number of anilines is 2. The van der Waals surface area contributed by atoms with Gasteiger partial charge in [0.25, 0.3) is 5.91 Å². The molecule has 0 N–H and O–H groups in total. The van der Waals surface area contributed by atoms with Crippen LogP contribution in [0.5, 0.6) is 5.75 Å². The fourth-order valence-electron chi connectivity index (χ4n) is 2.99. The Hall–Kier alpha value is -3.15. The molecule has 1 atom stereocenters. The Morgan fingerprint density at radius 3 is 2.79 bits per heavy atom. The Morgan fingerprint density at radius 2 is 1.96 bits per heavy atom. The molecule has 0 spiro atoms. The molecule has 6 nitrogen and oxygen atoms in total. The molecule has 120 valence electrons. The maximum atomic E-state index is 12.9. The van der Waals surface area contributed by atoms with Gasteiger partial charge in [0.05, 0.1) is 23.7 Å². The van der Waals surface area contributed by atoms with Gasteiger partial charge in [-0.1, -0.05) is 18.2 Å². The quantitative estimate of drug-likeness (QED) is 0.816. The topological polar surface area (TPSA) is 62.2 Å². The van der Waals surface area contributed by atoms with Crippen LogP contribution in [0.25, 0.3) is 0 Å². The van der Waals surface area contributed by atoms with Gasteiger partial charge in [-0.2, -0.15) is 0 Å². The monoisotopic (exact) mass is 321 g/mol. The molecule has 2 aromatic carbocycles. The van der Waals surface area contributed by atoms with E-state index in [1.54, 1.807) is 30.3 Å². The van der Waals surface area contributed by atoms with E-state index in [0.29, 0.717) is 29.4 Å². The summed E-state index contributed by atoms with van der Waals surface area (Å²) in [5, 5.41) is 0. The van der Waals surface area contributed by atoms with Crippen molar-refractivity contribution in [3.05, 3.63) is 48.5 Å². The molecule has 0 aliphatic carbocycles. The number of carbonyl (C=O) groups excluding carboxylic acids is 2. The molecule has 2 aliphatic heterocycles. The summed E-state index contributed by atoms with van der Waals surface area (Å²) in [6.45, 7) is 2.40. The van der Waals surface area contributed by atoms with E-state index in [9.17, 15) is 9.59 Å². The average molecular weight is 321 g/mol. The van der Waals surface area contributed by atoms with Gasteiger partial charge in [0.2, 0.25) is 0 Å². The molecule has 2 heterocycles. The number of amides is 3. The molecule has 3 amide bonds. The van der Waals surface area contributed by atoms with Crippen molar-refractivity contribution < 1.29 is 14.3 Å². The highest BCUT2D eigenvalue weighted by Crippen LogP contribution is 2.38. The highest BCUT2D eigenvalue weighted by Gasteiger charge is 2.48. The van der Waals surface area contributed by atoms with Crippen molar-refractivity contribution in [2.24, 2.45) is 4.99 Å². The number of rotatable bonds is 3. The molecule has 2 aliphatic rings. The first kappa shape index (κ1) is 14.4. The summed E-state index contributed by atoms with van der Waals surface area (Å²) >= 11 is 0. The molecular weight excluding hydrogens is 306 g/mol. The van der Waals surface area contributed by atoms with Crippen LogP contribution in [0.4, 0.5) is 21.9 Å². The second-order valence-electron chi connectivity index (χ2n) is 5.47. The number of aliphatic imine (C=N–C) groups is 1. The maximum Gasteiger partial charge on any atom is 0.337 e. The fourth-order valence-corrected chi connectivity index (χ4v) is 2.99. The Labute approximate surface area is 139 Å². The Morgan fingerprint density at radius 1 is 1.12 bits per heavy atom. The lowest BCUT2D eigenvalue weighted by atomic mass is 10.1. The lowest BCUT2D eigenvalue weighted by Gasteiger charge is -2.24. The Balaban J connectivity index is 1.76. The lowest BCUT2D eigenvalue weighted by molar-refractivity contribution is -0.116. The standard InChI is InChI=1S/C18H15N3O3/c1-2-24-13-7-5-6-12(10-13)20-17(22)16-11-19-14-8-3-4-9-15(14)21(16)18(20)23/h3-11,16H,2H2,1H3. The van der Waals surface area contributed by atoms with Gasteiger partial charge in [0.15, 0.2) is 6.04 Å². The van der Waals surface area contributed by atoms with Crippen LogP contribution in [0.3, 0.4) is 0 Å². The van der Waals surface area contributed by atoms with E-state index < -0.39 is 6.04 Å². The molecule has 1 fully saturated rings. The highest BCUT2D eigenvalue weighted by atomic mass is 16.5. The smallest absolute Gasteiger partial charge is 0.337 e. The summed E-state index contributed by atoms with van der Waals surface area (Å²) in [6.07, 6.45) is 1.52. The molecule has 24 heavy (non-hydrogen) atoms. The predicted molar refractivity (Wildman–Crippen MR) is 91.4 cm³/mol. The molecule has 0 saturated carbocycles. The third-order valence-corrected chi connectivity index (χ3v) is 4.03. The van der Waals surface area contributed by atoms with Crippen molar-refractivity contribution in [2.75, 3.05) is 16.4 Å². The molecule has 0 bridgehead atoms. The zero-order chi connectivity index (χ0) is 16.7. The third-order valence-electron chi connectivity index (χ3n) is 4.03. The highest BCUT2D eigenvalue weighted by molar-refractivity contribution is 6.34. The number of urea groups is 1. The second-order valence-corrected chi connectivity index (χ2v) is 5.47. The van der Waals surface area contributed by atoms with Crippen molar-refractivity contribution in [3.63, 3.8) is 0 Å². The van der Waals surface area contributed by atoms with Crippen LogP contribution in [0, 0.1) is 0 Å².